The predicted molar refractivity (Wildman–Crippen MR) is 120 cm³/mol. The number of aromatic nitrogens is 2. The summed E-state index contributed by atoms with van der Waals surface area (Å²) in [6.45, 7) is 0. The van der Waals surface area contributed by atoms with E-state index in [1.54, 1.807) is 0 Å². The van der Waals surface area contributed by atoms with Crippen LogP contribution in [0.2, 0.25) is 0 Å². The van der Waals surface area contributed by atoms with Crippen LogP contribution in [0.15, 0.2) is 12.5 Å². The van der Waals surface area contributed by atoms with Gasteiger partial charge in [0.05, 0.1) is 18.8 Å². The maximum atomic E-state index is 13.0. The highest BCUT2D eigenvalue weighted by molar-refractivity contribution is 5.95. The van der Waals surface area contributed by atoms with Crippen LogP contribution >= 0.6 is 0 Å². The van der Waals surface area contributed by atoms with Crippen molar-refractivity contribution in [3.05, 3.63) is 18.2 Å². The highest BCUT2D eigenvalue weighted by Gasteiger charge is 2.31. The van der Waals surface area contributed by atoms with Crippen molar-refractivity contribution in [2.45, 2.75) is 62.7 Å². The smallest absolute Gasteiger partial charge is 0.326 e. The van der Waals surface area contributed by atoms with Crippen LogP contribution in [-0.2, 0) is 40.0 Å². The normalized spacial score (nSPS) is 13.9. The molecule has 0 saturated carbocycles. The molecule has 17 heteroatoms. The first-order chi connectivity index (χ1) is 17.3. The molecule has 10 N–H and O–H groups in total. The van der Waals surface area contributed by atoms with Gasteiger partial charge in [-0.1, -0.05) is 0 Å². The van der Waals surface area contributed by atoms with Gasteiger partial charge in [-0.25, -0.2) is 9.78 Å². The van der Waals surface area contributed by atoms with Crippen LogP contribution in [0.3, 0.4) is 0 Å². The first kappa shape index (κ1) is 30.5. The second kappa shape index (κ2) is 14.8. The summed E-state index contributed by atoms with van der Waals surface area (Å²) in [6.07, 6.45) is -0.462. The van der Waals surface area contributed by atoms with Crippen LogP contribution in [0.5, 0.6) is 0 Å². The molecule has 0 aromatic carbocycles. The second-order valence-corrected chi connectivity index (χ2v) is 7.87. The van der Waals surface area contributed by atoms with Crippen molar-refractivity contribution in [2.24, 2.45) is 5.73 Å². The van der Waals surface area contributed by atoms with Crippen molar-refractivity contribution in [3.63, 3.8) is 0 Å². The number of hydrogen-bond donors (Lipinski definition) is 9. The van der Waals surface area contributed by atoms with E-state index in [0.717, 1.165) is 0 Å². The van der Waals surface area contributed by atoms with E-state index in [4.69, 9.17) is 21.1 Å². The predicted octanol–water partition coefficient (Wildman–Crippen LogP) is -2.98. The van der Waals surface area contributed by atoms with Crippen molar-refractivity contribution in [3.8, 4) is 0 Å². The first-order valence-corrected chi connectivity index (χ1v) is 10.8. The fourth-order valence-corrected chi connectivity index (χ4v) is 2.99. The standard InChI is InChI=1S/C20H28N6O11/c21-10(6-16(31)32)17(33)26-13(5-9-7-22-8-23-9)19(35)24-11(1-3-14(27)28)18(34)25-12(20(36)37)2-4-15(29)30/h7-8,10-13H,1-6,21H2,(H,22,23)(H,24,35)(H,25,34)(H,26,33)(H,27,28)(H,29,30)(H,31,32)(H,36,37). The number of rotatable bonds is 17. The Balaban J connectivity index is 3.08. The summed E-state index contributed by atoms with van der Waals surface area (Å²) in [6, 6.07) is -6.15. The fourth-order valence-electron chi connectivity index (χ4n) is 2.99. The monoisotopic (exact) mass is 528 g/mol. The van der Waals surface area contributed by atoms with Gasteiger partial charge in [-0.3, -0.25) is 28.8 Å². The number of nitrogens with two attached hydrogens (primary N) is 1. The minimum absolute atomic E-state index is 0.207. The van der Waals surface area contributed by atoms with Crippen molar-refractivity contribution in [1.29, 1.82) is 0 Å². The number of nitrogens with one attached hydrogen (secondary N) is 4. The van der Waals surface area contributed by atoms with Crippen LogP contribution < -0.4 is 21.7 Å². The molecule has 17 nitrogen and oxygen atoms in total. The molecular weight excluding hydrogens is 500 g/mol. The third-order valence-corrected chi connectivity index (χ3v) is 4.88. The molecule has 0 bridgehead atoms. The summed E-state index contributed by atoms with van der Waals surface area (Å²) in [5.41, 5.74) is 5.89. The Morgan fingerprint density at radius 1 is 0.784 bits per heavy atom. The molecule has 0 radical (unpaired) electrons. The van der Waals surface area contributed by atoms with Crippen molar-refractivity contribution in [2.75, 3.05) is 0 Å². The largest absolute Gasteiger partial charge is 0.481 e. The molecule has 1 heterocycles. The lowest BCUT2D eigenvalue weighted by Gasteiger charge is -2.24. The molecule has 1 rings (SSSR count). The van der Waals surface area contributed by atoms with Gasteiger partial charge in [0.2, 0.25) is 17.7 Å². The maximum absolute atomic E-state index is 13.0. The van der Waals surface area contributed by atoms with Gasteiger partial charge >= 0.3 is 23.9 Å². The molecule has 0 spiro atoms. The summed E-state index contributed by atoms with van der Waals surface area (Å²) in [7, 11) is 0. The molecule has 0 saturated heterocycles. The Bertz CT molecular complexity index is 997. The van der Waals surface area contributed by atoms with Crippen LogP contribution in [0.1, 0.15) is 37.8 Å². The Kier molecular flexibility index (Phi) is 12.2. The van der Waals surface area contributed by atoms with E-state index in [1.807, 2.05) is 0 Å². The number of amides is 3. The molecule has 3 amide bonds. The zero-order valence-electron chi connectivity index (χ0n) is 19.4. The third-order valence-electron chi connectivity index (χ3n) is 4.88. The summed E-state index contributed by atoms with van der Waals surface area (Å²) < 4.78 is 0. The SMILES string of the molecule is NC(CC(=O)O)C(=O)NC(Cc1cnc[nH]1)C(=O)NC(CCC(=O)O)C(=O)NC(CCC(=O)O)C(=O)O. The van der Waals surface area contributed by atoms with Crippen LogP contribution in [-0.4, -0.2) is 96.2 Å². The number of H-pyrrole nitrogens is 1. The van der Waals surface area contributed by atoms with Gasteiger partial charge < -0.3 is 47.1 Å². The molecule has 4 unspecified atom stereocenters. The van der Waals surface area contributed by atoms with Crippen LogP contribution in [0.4, 0.5) is 0 Å². The lowest BCUT2D eigenvalue weighted by Crippen LogP contribution is -2.57. The van der Waals surface area contributed by atoms with Crippen LogP contribution in [0, 0.1) is 0 Å². The average molecular weight is 528 g/mol. The van der Waals surface area contributed by atoms with Gasteiger partial charge in [-0.2, -0.15) is 0 Å². The van der Waals surface area contributed by atoms with Crippen molar-refractivity contribution in [1.82, 2.24) is 25.9 Å². The molecule has 4 atom stereocenters. The topological polar surface area (TPSA) is 291 Å². The minimum atomic E-state index is -1.64. The van der Waals surface area contributed by atoms with Gasteiger partial charge in [0.1, 0.15) is 18.1 Å². The lowest BCUT2D eigenvalue weighted by molar-refractivity contribution is -0.144. The number of carbonyl (C=O) groups is 7. The molecule has 0 aliphatic rings. The molecule has 37 heavy (non-hydrogen) atoms. The lowest BCUT2D eigenvalue weighted by atomic mass is 10.1. The highest BCUT2D eigenvalue weighted by Crippen LogP contribution is 2.06. The number of carboxylic acids is 4. The van der Waals surface area contributed by atoms with Gasteiger partial charge in [0, 0.05) is 31.2 Å². The van der Waals surface area contributed by atoms with E-state index in [0.29, 0.717) is 5.69 Å². The third kappa shape index (κ3) is 11.6. The number of carbonyl (C=O) groups excluding carboxylic acids is 3. The van der Waals surface area contributed by atoms with Crippen LogP contribution in [0.25, 0.3) is 0 Å². The second-order valence-electron chi connectivity index (χ2n) is 7.87. The highest BCUT2D eigenvalue weighted by atomic mass is 16.4. The van der Waals surface area contributed by atoms with Gasteiger partial charge in [0.15, 0.2) is 0 Å². The van der Waals surface area contributed by atoms with Crippen molar-refractivity contribution >= 4 is 41.6 Å². The molecule has 1 aromatic heterocycles. The van der Waals surface area contributed by atoms with E-state index in [9.17, 15) is 38.7 Å². The number of carboxylic acid groups (broad SMARTS) is 4. The molecule has 204 valence electrons. The van der Waals surface area contributed by atoms with Gasteiger partial charge in [-0.05, 0) is 12.8 Å². The molecule has 1 aromatic rings. The zero-order valence-corrected chi connectivity index (χ0v) is 19.4. The zero-order chi connectivity index (χ0) is 28.1. The van der Waals surface area contributed by atoms with E-state index in [-0.39, 0.29) is 6.42 Å². The number of imidazole rings is 1. The van der Waals surface area contributed by atoms with E-state index in [1.165, 1.54) is 12.5 Å². The number of aromatic amines is 1. The Morgan fingerprint density at radius 2 is 1.30 bits per heavy atom. The minimum Gasteiger partial charge on any atom is -0.481 e. The fraction of sp³-hybridized carbons (Fsp3) is 0.500. The summed E-state index contributed by atoms with van der Waals surface area (Å²) in [5, 5.41) is 42.4. The quantitative estimate of drug-likeness (QED) is 0.0976. The first-order valence-electron chi connectivity index (χ1n) is 10.8. The Labute approximate surface area is 208 Å². The Morgan fingerprint density at radius 3 is 1.78 bits per heavy atom. The summed E-state index contributed by atoms with van der Waals surface area (Å²) >= 11 is 0. The van der Waals surface area contributed by atoms with Gasteiger partial charge in [0.25, 0.3) is 0 Å². The molecule has 0 aliphatic heterocycles. The average Bonchev–Trinajstić information content (AvgIpc) is 3.30. The van der Waals surface area contributed by atoms with E-state index >= 15 is 0 Å². The number of aliphatic carboxylic acids is 4. The summed E-state index contributed by atoms with van der Waals surface area (Å²) in [5.74, 6) is -8.62. The number of hydrogen-bond acceptors (Lipinski definition) is 9. The van der Waals surface area contributed by atoms with E-state index < -0.39 is 97.9 Å². The molecular formula is C20H28N6O11. The van der Waals surface area contributed by atoms with E-state index in [2.05, 4.69) is 25.9 Å². The van der Waals surface area contributed by atoms with Gasteiger partial charge in [-0.15, -0.1) is 0 Å². The van der Waals surface area contributed by atoms with Crippen molar-refractivity contribution < 1.29 is 54.0 Å². The number of nitrogens with zero attached hydrogens (tertiary/aromatic N) is 1. The summed E-state index contributed by atoms with van der Waals surface area (Å²) in [4.78, 5) is 88.6. The Hall–Kier alpha value is -4.54. The maximum Gasteiger partial charge on any atom is 0.326 e. The molecule has 0 aliphatic carbocycles. The molecule has 0 fully saturated rings.